The maximum absolute atomic E-state index is 10.9. The highest BCUT2D eigenvalue weighted by Gasteiger charge is 2.32. The van der Waals surface area contributed by atoms with Gasteiger partial charge in [0.1, 0.15) is 0 Å². The highest BCUT2D eigenvalue weighted by Crippen LogP contribution is 2.51. The van der Waals surface area contributed by atoms with E-state index in [-0.39, 0.29) is 6.42 Å². The molecule has 0 saturated heterocycles. The summed E-state index contributed by atoms with van der Waals surface area (Å²) in [5.74, 6) is 0.0820. The van der Waals surface area contributed by atoms with E-state index in [0.29, 0.717) is 11.8 Å². The molecule has 98 valence electrons. The molecule has 2 saturated carbocycles. The van der Waals surface area contributed by atoms with Gasteiger partial charge in [-0.15, -0.1) is 0 Å². The lowest BCUT2D eigenvalue weighted by atomic mass is 9.95. The summed E-state index contributed by atoms with van der Waals surface area (Å²) in [5.41, 5.74) is 12.5. The molecule has 1 N–H and O–H groups in total. The molecular formula is C14H15N3O2. The summed E-state index contributed by atoms with van der Waals surface area (Å²) in [6.45, 7) is 0. The van der Waals surface area contributed by atoms with Gasteiger partial charge in [-0.2, -0.15) is 0 Å². The second-order valence-corrected chi connectivity index (χ2v) is 5.43. The predicted octanol–water partition coefficient (Wildman–Crippen LogP) is 4.01. The van der Waals surface area contributed by atoms with Gasteiger partial charge in [-0.25, -0.2) is 0 Å². The molecule has 0 amide bonds. The van der Waals surface area contributed by atoms with Crippen molar-refractivity contribution in [2.45, 2.75) is 43.9 Å². The van der Waals surface area contributed by atoms with E-state index in [0.717, 1.165) is 48.1 Å². The van der Waals surface area contributed by atoms with Crippen molar-refractivity contribution in [1.82, 2.24) is 0 Å². The van der Waals surface area contributed by atoms with Gasteiger partial charge in [-0.1, -0.05) is 17.2 Å². The molecule has 0 atom stereocenters. The second-order valence-electron chi connectivity index (χ2n) is 5.43. The molecule has 1 aromatic carbocycles. The molecule has 0 heterocycles. The minimum atomic E-state index is -0.819. The average Bonchev–Trinajstić information content (AvgIpc) is 3.24. The lowest BCUT2D eigenvalue weighted by Gasteiger charge is -2.12. The van der Waals surface area contributed by atoms with Crippen molar-refractivity contribution in [3.63, 3.8) is 0 Å². The molecule has 5 nitrogen and oxygen atoms in total. The first kappa shape index (κ1) is 12.1. The molecule has 5 heteroatoms. The summed E-state index contributed by atoms with van der Waals surface area (Å²) in [7, 11) is 0. The van der Waals surface area contributed by atoms with Crippen molar-refractivity contribution < 1.29 is 9.90 Å². The molecule has 0 bridgehead atoms. The van der Waals surface area contributed by atoms with Gasteiger partial charge in [0.2, 0.25) is 0 Å². The molecule has 0 aromatic heterocycles. The van der Waals surface area contributed by atoms with E-state index in [9.17, 15) is 4.79 Å². The Balaban J connectivity index is 2.10. The molecule has 0 unspecified atom stereocenters. The van der Waals surface area contributed by atoms with E-state index >= 15 is 0 Å². The number of azide groups is 1. The Kier molecular flexibility index (Phi) is 2.91. The summed E-state index contributed by atoms with van der Waals surface area (Å²) in [4.78, 5) is 13.8. The van der Waals surface area contributed by atoms with Gasteiger partial charge in [0.25, 0.3) is 0 Å². The van der Waals surface area contributed by atoms with Gasteiger partial charge in [0, 0.05) is 10.6 Å². The maximum atomic E-state index is 10.9. The third kappa shape index (κ3) is 2.56. The Bertz CT molecular complexity index is 549. The van der Waals surface area contributed by atoms with Crippen molar-refractivity contribution in [2.24, 2.45) is 5.11 Å². The van der Waals surface area contributed by atoms with E-state index in [1.165, 1.54) is 0 Å². The molecule has 1 aromatic rings. The van der Waals surface area contributed by atoms with Crippen LogP contribution < -0.4 is 0 Å². The first-order valence-electron chi connectivity index (χ1n) is 6.62. The Hall–Kier alpha value is -2.00. The molecular weight excluding hydrogens is 242 g/mol. The minimum absolute atomic E-state index is 0.0377. The summed E-state index contributed by atoms with van der Waals surface area (Å²) in [5, 5.41) is 12.8. The number of carboxylic acid groups (broad SMARTS) is 1. The fourth-order valence-corrected chi connectivity index (χ4v) is 2.59. The SMILES string of the molecule is [N-]=[N+]=Nc1c(C2CC2)cc(CC(=O)O)cc1C1CC1. The largest absolute Gasteiger partial charge is 0.481 e. The van der Waals surface area contributed by atoms with Crippen molar-refractivity contribution in [2.75, 3.05) is 0 Å². The Labute approximate surface area is 110 Å². The fraction of sp³-hybridized carbons (Fsp3) is 0.500. The number of hydrogen-bond acceptors (Lipinski definition) is 2. The maximum Gasteiger partial charge on any atom is 0.307 e. The number of rotatable bonds is 5. The van der Waals surface area contributed by atoms with Crippen molar-refractivity contribution >= 4 is 11.7 Å². The summed E-state index contributed by atoms with van der Waals surface area (Å²) in [6, 6.07) is 3.84. The van der Waals surface area contributed by atoms with E-state index in [4.69, 9.17) is 10.6 Å². The molecule has 0 aliphatic heterocycles. The molecule has 0 spiro atoms. The first-order chi connectivity index (χ1) is 9.19. The lowest BCUT2D eigenvalue weighted by Crippen LogP contribution is -2.02. The predicted molar refractivity (Wildman–Crippen MR) is 70.5 cm³/mol. The monoisotopic (exact) mass is 257 g/mol. The van der Waals surface area contributed by atoms with Crippen LogP contribution in [0.1, 0.15) is 54.2 Å². The number of aliphatic carboxylic acids is 1. The quantitative estimate of drug-likeness (QED) is 0.490. The zero-order chi connectivity index (χ0) is 13.4. The van der Waals surface area contributed by atoms with Crippen LogP contribution in [0.2, 0.25) is 0 Å². The standard InChI is InChI=1S/C14H15N3O2/c15-17-16-14-11(9-1-2-9)5-8(7-13(18)19)6-12(14)10-3-4-10/h5-6,9-10H,1-4,7H2,(H,18,19). The van der Waals surface area contributed by atoms with Crippen LogP contribution in [-0.4, -0.2) is 11.1 Å². The fourth-order valence-electron chi connectivity index (χ4n) is 2.59. The molecule has 2 fully saturated rings. The highest BCUT2D eigenvalue weighted by atomic mass is 16.4. The van der Waals surface area contributed by atoms with Gasteiger partial charge < -0.3 is 5.11 Å². The molecule has 2 aliphatic carbocycles. The Morgan fingerprint density at radius 3 is 2.16 bits per heavy atom. The average molecular weight is 257 g/mol. The zero-order valence-electron chi connectivity index (χ0n) is 10.5. The van der Waals surface area contributed by atoms with Gasteiger partial charge in [0.15, 0.2) is 0 Å². The van der Waals surface area contributed by atoms with Crippen molar-refractivity contribution in [3.8, 4) is 0 Å². The number of benzene rings is 1. The van der Waals surface area contributed by atoms with E-state index in [1.807, 2.05) is 12.1 Å². The number of carboxylic acids is 1. The van der Waals surface area contributed by atoms with Gasteiger partial charge >= 0.3 is 5.97 Å². The topological polar surface area (TPSA) is 86.1 Å². The summed E-state index contributed by atoms with van der Waals surface area (Å²) >= 11 is 0. The van der Waals surface area contributed by atoms with Crippen LogP contribution in [0.5, 0.6) is 0 Å². The van der Waals surface area contributed by atoms with Gasteiger partial charge in [-0.05, 0) is 59.7 Å². The van der Waals surface area contributed by atoms with Crippen LogP contribution in [0.15, 0.2) is 17.2 Å². The van der Waals surface area contributed by atoms with Crippen LogP contribution >= 0.6 is 0 Å². The first-order valence-corrected chi connectivity index (χ1v) is 6.62. The lowest BCUT2D eigenvalue weighted by molar-refractivity contribution is -0.136. The normalized spacial score (nSPS) is 17.9. The van der Waals surface area contributed by atoms with Gasteiger partial charge in [-0.3, -0.25) is 4.79 Å². The van der Waals surface area contributed by atoms with Crippen LogP contribution in [0.4, 0.5) is 5.69 Å². The smallest absolute Gasteiger partial charge is 0.307 e. The highest BCUT2D eigenvalue weighted by molar-refractivity contribution is 5.71. The molecule has 19 heavy (non-hydrogen) atoms. The molecule has 3 rings (SSSR count). The number of nitrogens with zero attached hydrogens (tertiary/aromatic N) is 3. The van der Waals surface area contributed by atoms with Crippen molar-refractivity contribution in [1.29, 1.82) is 0 Å². The van der Waals surface area contributed by atoms with E-state index in [2.05, 4.69) is 10.0 Å². The zero-order valence-corrected chi connectivity index (χ0v) is 10.5. The second kappa shape index (κ2) is 4.59. The van der Waals surface area contributed by atoms with E-state index in [1.54, 1.807) is 0 Å². The molecule has 2 aliphatic rings. The minimum Gasteiger partial charge on any atom is -0.481 e. The van der Waals surface area contributed by atoms with Crippen LogP contribution in [0.25, 0.3) is 10.4 Å². The summed E-state index contributed by atoms with van der Waals surface area (Å²) < 4.78 is 0. The molecule has 0 radical (unpaired) electrons. The van der Waals surface area contributed by atoms with Gasteiger partial charge in [0.05, 0.1) is 6.42 Å². The van der Waals surface area contributed by atoms with Crippen molar-refractivity contribution in [3.05, 3.63) is 39.3 Å². The Morgan fingerprint density at radius 2 is 1.79 bits per heavy atom. The van der Waals surface area contributed by atoms with Crippen LogP contribution in [0.3, 0.4) is 0 Å². The third-order valence-corrected chi connectivity index (χ3v) is 3.76. The third-order valence-electron chi connectivity index (χ3n) is 3.76. The Morgan fingerprint density at radius 1 is 1.26 bits per heavy atom. The number of carbonyl (C=O) groups is 1. The number of hydrogen-bond donors (Lipinski definition) is 1. The summed E-state index contributed by atoms with van der Waals surface area (Å²) in [6.07, 6.45) is 4.46. The van der Waals surface area contributed by atoms with Crippen LogP contribution in [-0.2, 0) is 11.2 Å². The van der Waals surface area contributed by atoms with E-state index < -0.39 is 5.97 Å². The van der Waals surface area contributed by atoms with Crippen LogP contribution in [0, 0.1) is 0 Å².